The Bertz CT molecular complexity index is 222. The highest BCUT2D eigenvalue weighted by Gasteiger charge is 2.03. The molecule has 1 rings (SSSR count). The molecule has 0 saturated heterocycles. The van der Waals surface area contributed by atoms with Crippen LogP contribution < -0.4 is 5.19 Å². The van der Waals surface area contributed by atoms with Crippen LogP contribution in [0, 0.1) is 0 Å². The molecular formula is C10H16O2Si. The van der Waals surface area contributed by atoms with E-state index in [0.717, 1.165) is 6.42 Å². The summed E-state index contributed by atoms with van der Waals surface area (Å²) in [5, 5.41) is 1.32. The maximum absolute atomic E-state index is 5.64. The number of ether oxygens (including phenoxy) is 1. The minimum Gasteiger partial charge on any atom is -0.394 e. The molecule has 0 aromatic heterocycles. The van der Waals surface area contributed by atoms with Gasteiger partial charge < -0.3 is 9.16 Å². The van der Waals surface area contributed by atoms with Crippen LogP contribution in [0.3, 0.4) is 0 Å². The van der Waals surface area contributed by atoms with Crippen LogP contribution in [0.25, 0.3) is 0 Å². The van der Waals surface area contributed by atoms with Gasteiger partial charge in [0.15, 0.2) is 9.76 Å². The van der Waals surface area contributed by atoms with E-state index >= 15 is 0 Å². The summed E-state index contributed by atoms with van der Waals surface area (Å²) in [6.07, 6.45) is 0.892. The van der Waals surface area contributed by atoms with E-state index in [1.165, 1.54) is 5.19 Å². The van der Waals surface area contributed by atoms with Crippen LogP contribution in [0.1, 0.15) is 13.3 Å². The molecule has 0 bridgehead atoms. The molecule has 1 unspecified atom stereocenters. The zero-order chi connectivity index (χ0) is 9.52. The third-order valence-corrected chi connectivity index (χ3v) is 3.22. The number of hydrogen-bond acceptors (Lipinski definition) is 2. The van der Waals surface area contributed by atoms with Crippen LogP contribution in [0.2, 0.25) is 0 Å². The van der Waals surface area contributed by atoms with Gasteiger partial charge in [0.2, 0.25) is 0 Å². The molecule has 0 saturated carbocycles. The molecule has 1 atom stereocenters. The first kappa shape index (κ1) is 10.4. The Labute approximate surface area is 81.8 Å². The van der Waals surface area contributed by atoms with Gasteiger partial charge in [-0.15, -0.1) is 0 Å². The Kier molecular flexibility index (Phi) is 4.75. The molecule has 0 aliphatic carbocycles. The summed E-state index contributed by atoms with van der Waals surface area (Å²) >= 11 is 0. The second-order valence-corrected chi connectivity index (χ2v) is 4.31. The molecule has 0 aliphatic rings. The van der Waals surface area contributed by atoms with Gasteiger partial charge in [0.05, 0.1) is 0 Å². The largest absolute Gasteiger partial charge is 0.394 e. The average molecular weight is 196 g/mol. The molecule has 0 amide bonds. The molecular weight excluding hydrogens is 180 g/mol. The Hall–Kier alpha value is -0.643. The fraction of sp³-hybridized carbons (Fsp3) is 0.400. The Morgan fingerprint density at radius 2 is 2.00 bits per heavy atom. The molecule has 2 nitrogen and oxygen atoms in total. The summed E-state index contributed by atoms with van der Waals surface area (Å²) in [7, 11) is 1.08. The van der Waals surface area contributed by atoms with Crippen LogP contribution in [0.15, 0.2) is 30.3 Å². The van der Waals surface area contributed by atoms with E-state index < -0.39 is 9.76 Å². The molecule has 3 heteroatoms. The molecule has 0 fully saturated rings. The third-order valence-electron chi connectivity index (χ3n) is 1.87. The fourth-order valence-electron chi connectivity index (χ4n) is 1.12. The van der Waals surface area contributed by atoms with Crippen LogP contribution in [0.4, 0.5) is 0 Å². The number of benzene rings is 1. The Morgan fingerprint density at radius 1 is 1.31 bits per heavy atom. The zero-order valence-electron chi connectivity index (χ0n) is 8.19. The van der Waals surface area contributed by atoms with Gasteiger partial charge in [0.1, 0.15) is 6.29 Å². The van der Waals surface area contributed by atoms with Gasteiger partial charge in [0, 0.05) is 7.11 Å². The third kappa shape index (κ3) is 3.72. The van der Waals surface area contributed by atoms with E-state index in [9.17, 15) is 0 Å². The molecule has 0 heterocycles. The van der Waals surface area contributed by atoms with Gasteiger partial charge in [-0.1, -0.05) is 37.3 Å². The van der Waals surface area contributed by atoms with E-state index in [1.54, 1.807) is 7.11 Å². The Balaban J connectivity index is 2.34. The summed E-state index contributed by atoms with van der Waals surface area (Å²) in [4.78, 5) is 0. The van der Waals surface area contributed by atoms with Crippen molar-refractivity contribution in [3.8, 4) is 0 Å². The highest BCUT2D eigenvalue weighted by Crippen LogP contribution is 1.96. The minimum absolute atomic E-state index is 0.0214. The second-order valence-electron chi connectivity index (χ2n) is 2.87. The van der Waals surface area contributed by atoms with E-state index in [0.29, 0.717) is 0 Å². The van der Waals surface area contributed by atoms with Gasteiger partial charge in [-0.05, 0) is 11.6 Å². The fourth-order valence-corrected chi connectivity index (χ4v) is 2.33. The van der Waals surface area contributed by atoms with Crippen molar-refractivity contribution in [3.63, 3.8) is 0 Å². The van der Waals surface area contributed by atoms with Crippen LogP contribution in [0.5, 0.6) is 0 Å². The van der Waals surface area contributed by atoms with Crippen molar-refractivity contribution in [2.75, 3.05) is 7.11 Å². The second kappa shape index (κ2) is 5.91. The van der Waals surface area contributed by atoms with Crippen molar-refractivity contribution in [1.82, 2.24) is 0 Å². The average Bonchev–Trinajstić information content (AvgIpc) is 2.21. The van der Waals surface area contributed by atoms with Crippen molar-refractivity contribution in [3.05, 3.63) is 30.3 Å². The predicted molar refractivity (Wildman–Crippen MR) is 56.8 cm³/mol. The monoisotopic (exact) mass is 196 g/mol. The quantitative estimate of drug-likeness (QED) is 0.512. The van der Waals surface area contributed by atoms with Crippen LogP contribution in [-0.4, -0.2) is 23.2 Å². The smallest absolute Gasteiger partial charge is 0.195 e. The van der Waals surface area contributed by atoms with Crippen LogP contribution >= 0.6 is 0 Å². The lowest BCUT2D eigenvalue weighted by atomic mass is 10.4. The van der Waals surface area contributed by atoms with E-state index in [4.69, 9.17) is 9.16 Å². The number of rotatable bonds is 5. The summed E-state index contributed by atoms with van der Waals surface area (Å²) in [5.41, 5.74) is 0. The normalized spacial score (nSPS) is 13.7. The topological polar surface area (TPSA) is 18.5 Å². The standard InChI is InChI=1S/C10H16O2Si/c1-3-10(11-2)12-13-9-7-5-4-6-8-9/h4-8,10H,3,13H2,1-2H3. The molecule has 1 aromatic rings. The summed E-state index contributed by atoms with van der Waals surface area (Å²) < 4.78 is 10.8. The SMILES string of the molecule is CCC(OC)O[SiH2]c1ccccc1. The zero-order valence-corrected chi connectivity index (χ0v) is 9.61. The first-order valence-electron chi connectivity index (χ1n) is 4.55. The maximum Gasteiger partial charge on any atom is 0.195 e. The van der Waals surface area contributed by atoms with E-state index in [1.807, 2.05) is 18.2 Å². The summed E-state index contributed by atoms with van der Waals surface area (Å²) in [6.45, 7) is 2.06. The maximum atomic E-state index is 5.64. The van der Waals surface area contributed by atoms with Gasteiger partial charge in [-0.2, -0.15) is 0 Å². The first-order chi connectivity index (χ1) is 6.36. The lowest BCUT2D eigenvalue weighted by Gasteiger charge is -2.13. The highest BCUT2D eigenvalue weighted by molar-refractivity contribution is 6.46. The first-order valence-corrected chi connectivity index (χ1v) is 5.83. The van der Waals surface area contributed by atoms with E-state index in [2.05, 4.69) is 19.1 Å². The van der Waals surface area contributed by atoms with Crippen LogP contribution in [-0.2, 0) is 9.16 Å². The molecule has 72 valence electrons. The number of hydrogen-bond donors (Lipinski definition) is 0. The molecule has 0 N–H and O–H groups in total. The molecule has 0 aliphatic heterocycles. The summed E-state index contributed by atoms with van der Waals surface area (Å²) in [6, 6.07) is 10.3. The van der Waals surface area contributed by atoms with Gasteiger partial charge >= 0.3 is 0 Å². The van der Waals surface area contributed by atoms with Crippen molar-refractivity contribution >= 4 is 14.9 Å². The van der Waals surface area contributed by atoms with Gasteiger partial charge in [-0.25, -0.2) is 0 Å². The van der Waals surface area contributed by atoms with Crippen molar-refractivity contribution in [1.29, 1.82) is 0 Å². The van der Waals surface area contributed by atoms with Crippen molar-refractivity contribution in [2.24, 2.45) is 0 Å². The van der Waals surface area contributed by atoms with Crippen molar-refractivity contribution < 1.29 is 9.16 Å². The Morgan fingerprint density at radius 3 is 2.54 bits per heavy atom. The molecule has 0 radical (unpaired) electrons. The molecule has 13 heavy (non-hydrogen) atoms. The van der Waals surface area contributed by atoms with Gasteiger partial charge in [0.25, 0.3) is 0 Å². The predicted octanol–water partition coefficient (Wildman–Crippen LogP) is 0.795. The number of methoxy groups -OCH3 is 1. The van der Waals surface area contributed by atoms with Crippen molar-refractivity contribution in [2.45, 2.75) is 19.6 Å². The molecule has 1 aromatic carbocycles. The lowest BCUT2D eigenvalue weighted by molar-refractivity contribution is -0.0525. The minimum atomic E-state index is -0.606. The molecule has 0 spiro atoms. The lowest BCUT2D eigenvalue weighted by Crippen LogP contribution is -2.24. The summed E-state index contributed by atoms with van der Waals surface area (Å²) in [5.74, 6) is 0. The van der Waals surface area contributed by atoms with Gasteiger partial charge in [-0.3, -0.25) is 0 Å². The highest BCUT2D eigenvalue weighted by atomic mass is 28.2. The van der Waals surface area contributed by atoms with E-state index in [-0.39, 0.29) is 6.29 Å².